The molecule has 3 fully saturated rings. The van der Waals surface area contributed by atoms with Gasteiger partial charge in [-0.3, -0.25) is 4.21 Å². The first-order valence-electron chi connectivity index (χ1n) is 11.5. The number of fused-ring (bicyclic) bond motifs is 2. The average molecular weight is 493 g/mol. The molecular weight excluding hydrogens is 467 g/mol. The fraction of sp³-hybridized carbons (Fsp3) is 0.636. The highest BCUT2D eigenvalue weighted by Gasteiger charge is 2.55. The molecule has 2 aliphatic heterocycles. The predicted octanol–water partition coefficient (Wildman–Crippen LogP) is 2.73. The lowest BCUT2D eigenvalue weighted by atomic mass is 9.77. The molecule has 176 valence electrons. The highest BCUT2D eigenvalue weighted by molar-refractivity contribution is 7.85. The van der Waals surface area contributed by atoms with Crippen molar-refractivity contribution in [2.24, 2.45) is 0 Å². The molecule has 2 N–H and O–H groups in total. The Morgan fingerprint density at radius 3 is 2.61 bits per heavy atom. The summed E-state index contributed by atoms with van der Waals surface area (Å²) in [6.07, 6.45) is 7.00. The normalized spacial score (nSPS) is 28.9. The summed E-state index contributed by atoms with van der Waals surface area (Å²) in [5, 5.41) is 13.8. The highest BCUT2D eigenvalue weighted by Crippen LogP contribution is 2.56. The molecule has 0 amide bonds. The predicted molar refractivity (Wildman–Crippen MR) is 123 cm³/mol. The SMILES string of the molecule is O=[S@@]1CC2(CC2)c2nc(N3CCC(c4ncc(Cl)cn4)C(F)C3)nc(NC3(CO)CCC3)c21. The molecule has 4 aliphatic rings. The van der Waals surface area contributed by atoms with E-state index in [1.165, 1.54) is 12.4 Å². The standard InChI is InChI=1S/C22H26ClFN6O2S/c23-13-8-25-18(26-9-13)14-2-7-30(10-15(14)24)20-27-17-16(33(32)12-21(17)5-6-21)19(28-20)29-22(11-31)3-1-4-22/h8-9,14-15,31H,1-7,10-12H2,(H,27,28,29)/t14?,15?,33-/m1/s1. The number of aliphatic hydroxyl groups excluding tert-OH is 1. The van der Waals surface area contributed by atoms with Crippen molar-refractivity contribution >= 4 is 34.2 Å². The summed E-state index contributed by atoms with van der Waals surface area (Å²) in [4.78, 5) is 20.6. The summed E-state index contributed by atoms with van der Waals surface area (Å²) >= 11 is 5.87. The van der Waals surface area contributed by atoms with Gasteiger partial charge >= 0.3 is 0 Å². The molecule has 0 bridgehead atoms. The molecule has 1 spiro atoms. The molecule has 2 unspecified atom stereocenters. The second kappa shape index (κ2) is 7.81. The van der Waals surface area contributed by atoms with E-state index in [1.807, 2.05) is 4.90 Å². The zero-order valence-electron chi connectivity index (χ0n) is 18.1. The van der Waals surface area contributed by atoms with Gasteiger partial charge in [-0.05, 0) is 38.5 Å². The Labute approximate surface area is 198 Å². The number of alkyl halides is 1. The number of aromatic nitrogens is 4. The van der Waals surface area contributed by atoms with Crippen molar-refractivity contribution in [1.82, 2.24) is 19.9 Å². The molecule has 2 saturated carbocycles. The lowest BCUT2D eigenvalue weighted by Gasteiger charge is -2.42. The number of hydrogen-bond acceptors (Lipinski definition) is 8. The van der Waals surface area contributed by atoms with Crippen LogP contribution in [0.1, 0.15) is 56.0 Å². The molecule has 0 aromatic carbocycles. The fourth-order valence-corrected chi connectivity index (χ4v) is 7.19. The Morgan fingerprint density at radius 1 is 1.24 bits per heavy atom. The number of piperidine rings is 1. The van der Waals surface area contributed by atoms with Crippen molar-refractivity contribution in [1.29, 1.82) is 0 Å². The number of nitrogens with zero attached hydrogens (tertiary/aromatic N) is 5. The maximum absolute atomic E-state index is 15.3. The van der Waals surface area contributed by atoms with Gasteiger partial charge in [0.2, 0.25) is 5.95 Å². The number of aliphatic hydroxyl groups is 1. The Hall–Kier alpha value is -1.91. The van der Waals surface area contributed by atoms with Crippen molar-refractivity contribution in [2.75, 3.05) is 35.7 Å². The maximum Gasteiger partial charge on any atom is 0.227 e. The number of halogens is 2. The van der Waals surface area contributed by atoms with Crippen LogP contribution in [0.5, 0.6) is 0 Å². The molecule has 8 nitrogen and oxygen atoms in total. The fourth-order valence-electron chi connectivity index (χ4n) is 5.23. The topological polar surface area (TPSA) is 104 Å². The molecule has 1 saturated heterocycles. The summed E-state index contributed by atoms with van der Waals surface area (Å²) in [5.74, 6) is 1.64. The van der Waals surface area contributed by atoms with Crippen molar-refractivity contribution in [2.45, 2.75) is 66.5 Å². The van der Waals surface area contributed by atoms with Gasteiger partial charge in [-0.2, -0.15) is 4.98 Å². The number of nitrogens with one attached hydrogen (secondary N) is 1. The minimum atomic E-state index is -1.17. The molecule has 3 atom stereocenters. The summed E-state index contributed by atoms with van der Waals surface area (Å²) in [6, 6.07) is 0. The monoisotopic (exact) mass is 492 g/mol. The van der Waals surface area contributed by atoms with Crippen LogP contribution in [0.2, 0.25) is 5.02 Å². The van der Waals surface area contributed by atoms with Gasteiger partial charge in [0.15, 0.2) is 0 Å². The Bertz CT molecular complexity index is 1110. The Kier molecular flexibility index (Phi) is 5.12. The smallest absolute Gasteiger partial charge is 0.227 e. The lowest BCUT2D eigenvalue weighted by Crippen LogP contribution is -2.49. The highest BCUT2D eigenvalue weighted by atomic mass is 35.5. The van der Waals surface area contributed by atoms with E-state index in [2.05, 4.69) is 15.3 Å². The Morgan fingerprint density at radius 2 is 2.00 bits per heavy atom. The first-order chi connectivity index (χ1) is 15.9. The molecule has 2 aliphatic carbocycles. The number of rotatable bonds is 5. The molecule has 2 aromatic rings. The zero-order valence-corrected chi connectivity index (χ0v) is 19.7. The van der Waals surface area contributed by atoms with Crippen LogP contribution in [-0.2, 0) is 16.2 Å². The van der Waals surface area contributed by atoms with E-state index in [-0.39, 0.29) is 18.6 Å². The molecule has 11 heteroatoms. The van der Waals surface area contributed by atoms with Gasteiger partial charge in [0, 0.05) is 30.1 Å². The van der Waals surface area contributed by atoms with Crippen LogP contribution in [0.4, 0.5) is 16.2 Å². The average Bonchev–Trinajstić information content (AvgIpc) is 3.50. The molecular formula is C22H26ClFN6O2S. The number of hydrogen-bond donors (Lipinski definition) is 2. The van der Waals surface area contributed by atoms with E-state index in [4.69, 9.17) is 21.6 Å². The molecule has 4 heterocycles. The molecule has 33 heavy (non-hydrogen) atoms. The second-order valence-corrected chi connectivity index (χ2v) is 11.7. The maximum atomic E-state index is 15.3. The first-order valence-corrected chi connectivity index (χ1v) is 13.2. The summed E-state index contributed by atoms with van der Waals surface area (Å²) in [5.41, 5.74) is 0.286. The van der Waals surface area contributed by atoms with E-state index >= 15 is 4.39 Å². The van der Waals surface area contributed by atoms with Gasteiger partial charge in [0.1, 0.15) is 22.7 Å². The molecule has 0 radical (unpaired) electrons. The van der Waals surface area contributed by atoms with E-state index in [0.29, 0.717) is 46.2 Å². The largest absolute Gasteiger partial charge is 0.394 e. The first kappa shape index (κ1) is 21.6. The van der Waals surface area contributed by atoms with Crippen LogP contribution >= 0.6 is 11.6 Å². The summed E-state index contributed by atoms with van der Waals surface area (Å²) < 4.78 is 28.3. The lowest BCUT2D eigenvalue weighted by molar-refractivity contribution is 0.143. The van der Waals surface area contributed by atoms with E-state index in [9.17, 15) is 9.32 Å². The van der Waals surface area contributed by atoms with Crippen molar-refractivity contribution in [3.63, 3.8) is 0 Å². The van der Waals surface area contributed by atoms with Crippen molar-refractivity contribution < 1.29 is 13.7 Å². The third-order valence-corrected chi connectivity index (χ3v) is 9.49. The third-order valence-electron chi connectivity index (χ3n) is 7.64. The van der Waals surface area contributed by atoms with Crippen LogP contribution in [0, 0.1) is 0 Å². The van der Waals surface area contributed by atoms with E-state index < -0.39 is 28.4 Å². The second-order valence-electron chi connectivity index (χ2n) is 9.85. The van der Waals surface area contributed by atoms with Crippen LogP contribution in [0.25, 0.3) is 0 Å². The third kappa shape index (κ3) is 3.61. The van der Waals surface area contributed by atoms with Crippen LogP contribution in [-0.4, -0.2) is 66.4 Å². The quantitative estimate of drug-likeness (QED) is 0.656. The van der Waals surface area contributed by atoms with Crippen LogP contribution < -0.4 is 10.2 Å². The summed E-state index contributed by atoms with van der Waals surface area (Å²) in [7, 11) is -1.17. The number of anilines is 2. The summed E-state index contributed by atoms with van der Waals surface area (Å²) in [6.45, 7) is 0.699. The minimum Gasteiger partial charge on any atom is -0.394 e. The van der Waals surface area contributed by atoms with Crippen molar-refractivity contribution in [3.8, 4) is 0 Å². The molecule has 2 aromatic heterocycles. The van der Waals surface area contributed by atoms with Crippen molar-refractivity contribution in [3.05, 3.63) is 28.9 Å². The van der Waals surface area contributed by atoms with Gasteiger partial charge < -0.3 is 15.3 Å². The van der Waals surface area contributed by atoms with Gasteiger partial charge in [-0.1, -0.05) is 11.6 Å². The van der Waals surface area contributed by atoms with Crippen LogP contribution in [0.15, 0.2) is 17.3 Å². The van der Waals surface area contributed by atoms with Gasteiger partial charge in [-0.25, -0.2) is 19.3 Å². The van der Waals surface area contributed by atoms with Gasteiger partial charge in [-0.15, -0.1) is 0 Å². The van der Waals surface area contributed by atoms with E-state index in [1.54, 1.807) is 0 Å². The zero-order chi connectivity index (χ0) is 22.8. The minimum absolute atomic E-state index is 0.00206. The molecule has 6 rings (SSSR count). The van der Waals surface area contributed by atoms with Crippen LogP contribution in [0.3, 0.4) is 0 Å². The van der Waals surface area contributed by atoms with Gasteiger partial charge in [0.05, 0.1) is 46.1 Å². The van der Waals surface area contributed by atoms with Gasteiger partial charge in [0.25, 0.3) is 0 Å². The van der Waals surface area contributed by atoms with E-state index in [0.717, 1.165) is 37.8 Å². The Balaban J connectivity index is 1.31.